The van der Waals surface area contributed by atoms with Gasteiger partial charge in [0.2, 0.25) is 0 Å². The van der Waals surface area contributed by atoms with Crippen molar-refractivity contribution in [1.82, 2.24) is 4.98 Å². The van der Waals surface area contributed by atoms with Crippen LogP contribution in [-0.2, 0) is 11.3 Å². The number of methoxy groups -OCH3 is 1. The fourth-order valence-electron chi connectivity index (χ4n) is 2.35. The summed E-state index contributed by atoms with van der Waals surface area (Å²) in [6, 6.07) is 15.3. The lowest BCUT2D eigenvalue weighted by atomic mass is 10.2. The predicted octanol–water partition coefficient (Wildman–Crippen LogP) is 3.40. The minimum absolute atomic E-state index is 0.0811. The van der Waals surface area contributed by atoms with Gasteiger partial charge in [-0.05, 0) is 36.4 Å². The topological polar surface area (TPSA) is 62.7 Å². The smallest absolute Gasteiger partial charge is 0.323 e. The number of para-hydroxylation sites is 1. The second-order valence-corrected chi connectivity index (χ2v) is 6.14. The van der Waals surface area contributed by atoms with E-state index < -0.39 is 5.97 Å². The van der Waals surface area contributed by atoms with E-state index in [9.17, 15) is 9.90 Å². The lowest BCUT2D eigenvalue weighted by molar-refractivity contribution is -0.135. The Hall–Kier alpha value is -2.60. The van der Waals surface area contributed by atoms with Gasteiger partial charge in [0.05, 0.1) is 23.9 Å². The second kappa shape index (κ2) is 6.66. The van der Waals surface area contributed by atoms with Crippen molar-refractivity contribution in [1.29, 1.82) is 0 Å². The number of anilines is 1. The number of benzene rings is 2. The van der Waals surface area contributed by atoms with Crippen LogP contribution in [0, 0.1) is 0 Å². The molecular formula is C17H16N2O3S. The first-order valence-electron chi connectivity index (χ1n) is 7.11. The Morgan fingerprint density at radius 2 is 1.96 bits per heavy atom. The third kappa shape index (κ3) is 3.60. The van der Waals surface area contributed by atoms with E-state index in [0.717, 1.165) is 26.7 Å². The molecule has 0 saturated carbocycles. The molecule has 1 heterocycles. The fraction of sp³-hybridized carbons (Fsp3) is 0.176. The molecule has 0 atom stereocenters. The number of ether oxygens (including phenoxy) is 1. The summed E-state index contributed by atoms with van der Waals surface area (Å²) in [4.78, 5) is 17.6. The quantitative estimate of drug-likeness (QED) is 0.751. The Labute approximate surface area is 137 Å². The maximum absolute atomic E-state index is 11.2. The summed E-state index contributed by atoms with van der Waals surface area (Å²) >= 11 is 1.58. The number of aliphatic carboxylic acids is 1. The van der Waals surface area contributed by atoms with Crippen molar-refractivity contribution in [2.45, 2.75) is 6.54 Å². The highest BCUT2D eigenvalue weighted by Gasteiger charge is 2.14. The molecule has 0 bridgehead atoms. The van der Waals surface area contributed by atoms with Gasteiger partial charge in [-0.2, -0.15) is 0 Å². The summed E-state index contributed by atoms with van der Waals surface area (Å²) in [6.45, 7) is 0.375. The Bertz CT molecular complexity index is 781. The molecule has 0 saturated heterocycles. The molecule has 0 aliphatic carbocycles. The van der Waals surface area contributed by atoms with Crippen LogP contribution in [0.1, 0.15) is 5.01 Å². The molecule has 0 amide bonds. The van der Waals surface area contributed by atoms with Crippen molar-refractivity contribution >= 4 is 33.2 Å². The number of hydrogen-bond acceptors (Lipinski definition) is 5. The van der Waals surface area contributed by atoms with Crippen molar-refractivity contribution in [2.24, 2.45) is 0 Å². The molecule has 0 aliphatic rings. The van der Waals surface area contributed by atoms with Crippen LogP contribution in [0.25, 0.3) is 10.2 Å². The average Bonchev–Trinajstić information content (AvgIpc) is 2.96. The van der Waals surface area contributed by atoms with E-state index in [0.29, 0.717) is 6.54 Å². The lowest BCUT2D eigenvalue weighted by Gasteiger charge is -2.21. The van der Waals surface area contributed by atoms with Gasteiger partial charge in [0.1, 0.15) is 17.3 Å². The molecule has 1 N–H and O–H groups in total. The zero-order valence-electron chi connectivity index (χ0n) is 12.6. The molecule has 0 unspecified atom stereocenters. The monoisotopic (exact) mass is 328 g/mol. The maximum atomic E-state index is 11.2. The summed E-state index contributed by atoms with van der Waals surface area (Å²) in [6.07, 6.45) is 0. The number of carboxylic acid groups (broad SMARTS) is 1. The van der Waals surface area contributed by atoms with E-state index in [2.05, 4.69) is 4.98 Å². The Kier molecular flexibility index (Phi) is 4.43. The van der Waals surface area contributed by atoms with E-state index in [1.807, 2.05) is 48.5 Å². The minimum Gasteiger partial charge on any atom is -0.497 e. The van der Waals surface area contributed by atoms with Crippen LogP contribution < -0.4 is 9.64 Å². The number of aromatic nitrogens is 1. The van der Waals surface area contributed by atoms with Gasteiger partial charge in [0, 0.05) is 5.69 Å². The lowest BCUT2D eigenvalue weighted by Crippen LogP contribution is -2.29. The van der Waals surface area contributed by atoms with Gasteiger partial charge in [-0.1, -0.05) is 12.1 Å². The first kappa shape index (κ1) is 15.3. The number of thiazole rings is 1. The third-order valence-electron chi connectivity index (χ3n) is 3.43. The zero-order valence-corrected chi connectivity index (χ0v) is 13.4. The van der Waals surface area contributed by atoms with Crippen LogP contribution in [-0.4, -0.2) is 29.7 Å². The Morgan fingerprint density at radius 1 is 1.22 bits per heavy atom. The van der Waals surface area contributed by atoms with Gasteiger partial charge >= 0.3 is 5.97 Å². The van der Waals surface area contributed by atoms with Gasteiger partial charge in [-0.15, -0.1) is 11.3 Å². The number of nitrogens with zero attached hydrogens (tertiary/aromatic N) is 2. The van der Waals surface area contributed by atoms with E-state index in [1.54, 1.807) is 23.3 Å². The van der Waals surface area contributed by atoms with E-state index in [4.69, 9.17) is 4.74 Å². The van der Waals surface area contributed by atoms with Crippen LogP contribution in [0.4, 0.5) is 5.69 Å². The molecule has 118 valence electrons. The Balaban J connectivity index is 1.87. The molecule has 0 aliphatic heterocycles. The highest BCUT2D eigenvalue weighted by molar-refractivity contribution is 7.18. The fourth-order valence-corrected chi connectivity index (χ4v) is 3.33. The standard InChI is InChI=1S/C17H16N2O3S/c1-22-13-8-6-12(7-9-13)19(11-17(20)21)10-16-18-14-4-2-3-5-15(14)23-16/h2-9H,10-11H2,1H3,(H,20,21). The van der Waals surface area contributed by atoms with Gasteiger partial charge in [0.15, 0.2) is 0 Å². The minimum atomic E-state index is -0.873. The van der Waals surface area contributed by atoms with Gasteiger partial charge < -0.3 is 14.7 Å². The summed E-state index contributed by atoms with van der Waals surface area (Å²) in [5.41, 5.74) is 1.77. The normalized spacial score (nSPS) is 10.7. The molecule has 23 heavy (non-hydrogen) atoms. The largest absolute Gasteiger partial charge is 0.497 e. The summed E-state index contributed by atoms with van der Waals surface area (Å²) in [7, 11) is 1.60. The maximum Gasteiger partial charge on any atom is 0.323 e. The second-order valence-electron chi connectivity index (χ2n) is 5.02. The SMILES string of the molecule is COc1ccc(N(CC(=O)O)Cc2nc3ccccc3s2)cc1. The van der Waals surface area contributed by atoms with Crippen molar-refractivity contribution in [3.05, 3.63) is 53.5 Å². The predicted molar refractivity (Wildman–Crippen MR) is 91.3 cm³/mol. The molecule has 1 aromatic heterocycles. The zero-order chi connectivity index (χ0) is 16.2. The first-order chi connectivity index (χ1) is 11.2. The summed E-state index contributed by atoms with van der Waals surface area (Å²) < 4.78 is 6.25. The number of fused-ring (bicyclic) bond motifs is 1. The van der Waals surface area contributed by atoms with E-state index in [1.165, 1.54) is 0 Å². The van der Waals surface area contributed by atoms with Crippen molar-refractivity contribution in [3.63, 3.8) is 0 Å². The number of hydrogen-bond donors (Lipinski definition) is 1. The number of carboxylic acids is 1. The van der Waals surface area contributed by atoms with Crippen LogP contribution in [0.5, 0.6) is 5.75 Å². The van der Waals surface area contributed by atoms with Gasteiger partial charge in [0.25, 0.3) is 0 Å². The Morgan fingerprint density at radius 3 is 2.61 bits per heavy atom. The average molecular weight is 328 g/mol. The first-order valence-corrected chi connectivity index (χ1v) is 7.92. The molecule has 0 radical (unpaired) electrons. The van der Waals surface area contributed by atoms with Crippen LogP contribution >= 0.6 is 11.3 Å². The van der Waals surface area contributed by atoms with Crippen LogP contribution in [0.2, 0.25) is 0 Å². The molecule has 5 nitrogen and oxygen atoms in total. The number of carbonyl (C=O) groups is 1. The van der Waals surface area contributed by atoms with Gasteiger partial charge in [-0.25, -0.2) is 4.98 Å². The molecule has 0 spiro atoms. The van der Waals surface area contributed by atoms with E-state index in [-0.39, 0.29) is 6.54 Å². The molecule has 3 aromatic rings. The molecule has 2 aromatic carbocycles. The third-order valence-corrected chi connectivity index (χ3v) is 4.45. The van der Waals surface area contributed by atoms with Crippen LogP contribution in [0.15, 0.2) is 48.5 Å². The van der Waals surface area contributed by atoms with Crippen molar-refractivity contribution < 1.29 is 14.6 Å². The van der Waals surface area contributed by atoms with Crippen molar-refractivity contribution in [3.8, 4) is 5.75 Å². The highest BCUT2D eigenvalue weighted by Crippen LogP contribution is 2.25. The summed E-state index contributed by atoms with van der Waals surface area (Å²) in [5, 5.41) is 10.1. The summed E-state index contributed by atoms with van der Waals surface area (Å²) in [5.74, 6) is -0.133. The molecule has 6 heteroatoms. The highest BCUT2D eigenvalue weighted by atomic mass is 32.1. The molecular weight excluding hydrogens is 312 g/mol. The molecule has 0 fully saturated rings. The molecule has 3 rings (SSSR count). The number of rotatable bonds is 6. The van der Waals surface area contributed by atoms with Crippen molar-refractivity contribution in [2.75, 3.05) is 18.6 Å². The van der Waals surface area contributed by atoms with Crippen LogP contribution in [0.3, 0.4) is 0 Å². The van der Waals surface area contributed by atoms with E-state index >= 15 is 0 Å². The van der Waals surface area contributed by atoms with Gasteiger partial charge in [-0.3, -0.25) is 4.79 Å².